The second kappa shape index (κ2) is 5.24. The molecular formula is C14H20O2. The Labute approximate surface area is 97.6 Å². The molecule has 1 aliphatic heterocycles. The van der Waals surface area contributed by atoms with Gasteiger partial charge in [0.15, 0.2) is 0 Å². The molecule has 0 unspecified atom stereocenters. The molecule has 0 saturated heterocycles. The minimum Gasteiger partial charge on any atom is -0.493 e. The molecule has 2 rings (SSSR count). The summed E-state index contributed by atoms with van der Waals surface area (Å²) in [7, 11) is 0. The van der Waals surface area contributed by atoms with Crippen LogP contribution in [0.2, 0.25) is 0 Å². The standard InChI is InChI=1S/C14H20O2/c1-11(2)10-16-13-7-6-12-5-3-4-8-15-14(12)9-13/h6-7,9,11H,3-5,8,10H2,1-2H3. The van der Waals surface area contributed by atoms with Crippen LogP contribution in [0.1, 0.15) is 32.3 Å². The van der Waals surface area contributed by atoms with Crippen molar-refractivity contribution in [3.8, 4) is 11.5 Å². The smallest absolute Gasteiger partial charge is 0.126 e. The maximum atomic E-state index is 5.72. The fourth-order valence-electron chi connectivity index (χ4n) is 1.83. The van der Waals surface area contributed by atoms with Gasteiger partial charge in [0.25, 0.3) is 0 Å². The van der Waals surface area contributed by atoms with Crippen molar-refractivity contribution in [3.63, 3.8) is 0 Å². The highest BCUT2D eigenvalue weighted by Crippen LogP contribution is 2.28. The van der Waals surface area contributed by atoms with Crippen LogP contribution in [-0.2, 0) is 6.42 Å². The van der Waals surface area contributed by atoms with Gasteiger partial charge in [0.2, 0.25) is 0 Å². The maximum absolute atomic E-state index is 5.72. The lowest BCUT2D eigenvalue weighted by Crippen LogP contribution is -2.05. The van der Waals surface area contributed by atoms with Crippen LogP contribution in [0.3, 0.4) is 0 Å². The van der Waals surface area contributed by atoms with Gasteiger partial charge in [0, 0.05) is 6.07 Å². The zero-order valence-electron chi connectivity index (χ0n) is 10.2. The summed E-state index contributed by atoms with van der Waals surface area (Å²) in [5.41, 5.74) is 1.31. The highest BCUT2D eigenvalue weighted by Gasteiger charge is 2.10. The van der Waals surface area contributed by atoms with Crippen molar-refractivity contribution < 1.29 is 9.47 Å². The number of aryl methyl sites for hydroxylation is 1. The van der Waals surface area contributed by atoms with Gasteiger partial charge in [-0.1, -0.05) is 19.9 Å². The number of benzene rings is 1. The van der Waals surface area contributed by atoms with E-state index in [1.54, 1.807) is 0 Å². The zero-order chi connectivity index (χ0) is 11.4. The lowest BCUT2D eigenvalue weighted by Gasteiger charge is -2.12. The molecule has 0 N–H and O–H groups in total. The molecule has 0 aromatic heterocycles. The average Bonchev–Trinajstić information content (AvgIpc) is 2.50. The van der Waals surface area contributed by atoms with Gasteiger partial charge in [-0.05, 0) is 36.8 Å². The molecule has 0 amide bonds. The van der Waals surface area contributed by atoms with Crippen LogP contribution in [-0.4, -0.2) is 13.2 Å². The minimum atomic E-state index is 0.555. The summed E-state index contributed by atoms with van der Waals surface area (Å²) >= 11 is 0. The summed E-state index contributed by atoms with van der Waals surface area (Å²) in [5, 5.41) is 0. The summed E-state index contributed by atoms with van der Waals surface area (Å²) in [6.45, 7) is 5.90. The molecule has 1 aromatic rings. The number of rotatable bonds is 3. The molecule has 0 aliphatic carbocycles. The van der Waals surface area contributed by atoms with Crippen molar-refractivity contribution in [2.75, 3.05) is 13.2 Å². The normalized spacial score (nSPS) is 15.2. The first-order valence-electron chi connectivity index (χ1n) is 6.14. The Balaban J connectivity index is 2.08. The van der Waals surface area contributed by atoms with E-state index in [0.717, 1.165) is 37.6 Å². The monoisotopic (exact) mass is 220 g/mol. The number of fused-ring (bicyclic) bond motifs is 1. The molecule has 2 heteroatoms. The van der Waals surface area contributed by atoms with Crippen molar-refractivity contribution in [2.45, 2.75) is 33.1 Å². The van der Waals surface area contributed by atoms with Gasteiger partial charge in [-0.3, -0.25) is 0 Å². The number of ether oxygens (including phenoxy) is 2. The summed E-state index contributed by atoms with van der Waals surface area (Å²) in [6, 6.07) is 6.22. The van der Waals surface area contributed by atoms with Crippen molar-refractivity contribution in [1.82, 2.24) is 0 Å². The second-order valence-electron chi connectivity index (χ2n) is 4.78. The molecule has 0 spiro atoms. The molecule has 1 heterocycles. The Hall–Kier alpha value is -1.18. The van der Waals surface area contributed by atoms with Crippen molar-refractivity contribution >= 4 is 0 Å². The molecule has 88 valence electrons. The van der Waals surface area contributed by atoms with E-state index in [9.17, 15) is 0 Å². The van der Waals surface area contributed by atoms with E-state index in [2.05, 4.69) is 26.0 Å². The third kappa shape index (κ3) is 2.91. The Morgan fingerprint density at radius 2 is 2.19 bits per heavy atom. The Bertz CT molecular complexity index is 345. The van der Waals surface area contributed by atoms with Crippen LogP contribution >= 0.6 is 0 Å². The van der Waals surface area contributed by atoms with Gasteiger partial charge >= 0.3 is 0 Å². The third-order valence-electron chi connectivity index (χ3n) is 2.72. The Morgan fingerprint density at radius 1 is 1.31 bits per heavy atom. The predicted molar refractivity (Wildman–Crippen MR) is 65.2 cm³/mol. The summed E-state index contributed by atoms with van der Waals surface area (Å²) in [6.07, 6.45) is 3.50. The molecule has 0 bridgehead atoms. The van der Waals surface area contributed by atoms with Crippen LogP contribution in [0.25, 0.3) is 0 Å². The number of hydrogen-bond acceptors (Lipinski definition) is 2. The summed E-state index contributed by atoms with van der Waals surface area (Å²) < 4.78 is 11.4. The largest absolute Gasteiger partial charge is 0.493 e. The van der Waals surface area contributed by atoms with Crippen LogP contribution < -0.4 is 9.47 Å². The fourth-order valence-corrected chi connectivity index (χ4v) is 1.83. The second-order valence-corrected chi connectivity index (χ2v) is 4.78. The first kappa shape index (κ1) is 11.3. The van der Waals surface area contributed by atoms with Crippen LogP contribution in [0, 0.1) is 5.92 Å². The highest BCUT2D eigenvalue weighted by molar-refractivity contribution is 5.41. The molecule has 0 radical (unpaired) electrons. The molecule has 0 atom stereocenters. The van der Waals surface area contributed by atoms with E-state index >= 15 is 0 Å². The molecule has 2 nitrogen and oxygen atoms in total. The van der Waals surface area contributed by atoms with E-state index in [-0.39, 0.29) is 0 Å². The summed E-state index contributed by atoms with van der Waals surface area (Å²) in [4.78, 5) is 0. The summed E-state index contributed by atoms with van der Waals surface area (Å²) in [5.74, 6) is 2.49. The third-order valence-corrected chi connectivity index (χ3v) is 2.72. The highest BCUT2D eigenvalue weighted by atomic mass is 16.5. The minimum absolute atomic E-state index is 0.555. The molecule has 0 fully saturated rings. The van der Waals surface area contributed by atoms with E-state index in [4.69, 9.17) is 9.47 Å². The van der Waals surface area contributed by atoms with Crippen molar-refractivity contribution in [3.05, 3.63) is 23.8 Å². The van der Waals surface area contributed by atoms with Crippen LogP contribution in [0.4, 0.5) is 0 Å². The van der Waals surface area contributed by atoms with E-state index in [1.165, 1.54) is 12.0 Å². The molecule has 1 aromatic carbocycles. The van der Waals surface area contributed by atoms with Crippen LogP contribution in [0.15, 0.2) is 18.2 Å². The van der Waals surface area contributed by atoms with Gasteiger partial charge in [0.1, 0.15) is 11.5 Å². The van der Waals surface area contributed by atoms with Gasteiger partial charge < -0.3 is 9.47 Å². The lowest BCUT2D eigenvalue weighted by molar-refractivity contribution is 0.267. The zero-order valence-corrected chi connectivity index (χ0v) is 10.2. The van der Waals surface area contributed by atoms with Gasteiger partial charge in [0.05, 0.1) is 13.2 Å². The molecule has 1 aliphatic rings. The van der Waals surface area contributed by atoms with Gasteiger partial charge in [-0.15, -0.1) is 0 Å². The van der Waals surface area contributed by atoms with Crippen LogP contribution in [0.5, 0.6) is 11.5 Å². The van der Waals surface area contributed by atoms with Crippen molar-refractivity contribution in [1.29, 1.82) is 0 Å². The first-order chi connectivity index (χ1) is 7.75. The quantitative estimate of drug-likeness (QED) is 0.777. The predicted octanol–water partition coefficient (Wildman–Crippen LogP) is 3.44. The molecular weight excluding hydrogens is 200 g/mol. The van der Waals surface area contributed by atoms with E-state index < -0.39 is 0 Å². The van der Waals surface area contributed by atoms with Crippen molar-refractivity contribution in [2.24, 2.45) is 5.92 Å². The Kier molecular flexibility index (Phi) is 3.70. The molecule has 0 saturated carbocycles. The maximum Gasteiger partial charge on any atom is 0.126 e. The SMILES string of the molecule is CC(C)COc1ccc2c(c1)OCCCC2. The first-order valence-corrected chi connectivity index (χ1v) is 6.14. The fraction of sp³-hybridized carbons (Fsp3) is 0.571. The van der Waals surface area contributed by atoms with Gasteiger partial charge in [-0.25, -0.2) is 0 Å². The topological polar surface area (TPSA) is 18.5 Å². The Morgan fingerprint density at radius 3 is 3.00 bits per heavy atom. The lowest BCUT2D eigenvalue weighted by atomic mass is 10.1. The molecule has 16 heavy (non-hydrogen) atoms. The number of hydrogen-bond donors (Lipinski definition) is 0. The average molecular weight is 220 g/mol. The van der Waals surface area contributed by atoms with Gasteiger partial charge in [-0.2, -0.15) is 0 Å². The van der Waals surface area contributed by atoms with E-state index in [1.807, 2.05) is 6.07 Å². The van der Waals surface area contributed by atoms with E-state index in [0.29, 0.717) is 5.92 Å².